The van der Waals surface area contributed by atoms with Crippen LogP contribution in [0.3, 0.4) is 0 Å². The summed E-state index contributed by atoms with van der Waals surface area (Å²) in [6, 6.07) is 106. The van der Waals surface area contributed by atoms with Gasteiger partial charge in [0.2, 0.25) is 0 Å². The molecule has 0 aliphatic heterocycles. The van der Waals surface area contributed by atoms with Gasteiger partial charge in [0.15, 0.2) is 0 Å². The van der Waals surface area contributed by atoms with E-state index < -0.39 is 0 Å². The third kappa shape index (κ3) is 20.8. The number of unbranched alkanes of at least 4 members (excludes halogenated alkanes) is 1. The monoisotopic (exact) mass is 1840 g/mol. The lowest BCUT2D eigenvalue weighted by Crippen LogP contribution is -2.30. The molecule has 0 radical (unpaired) electrons. The molecule has 4 aliphatic rings. The molecule has 0 saturated carbocycles. The quantitative estimate of drug-likeness (QED) is 0.0350. The fraction of sp³-hybridized carbons (Fsp3) is 0.345. The second-order valence-electron chi connectivity index (χ2n) is 43.9. The summed E-state index contributed by atoms with van der Waals surface area (Å²) in [5.74, 6) is 4.75. The first-order chi connectivity index (χ1) is 68.0. The van der Waals surface area contributed by atoms with Gasteiger partial charge in [-0.15, -0.1) is 0 Å². The van der Waals surface area contributed by atoms with Gasteiger partial charge in [0.25, 0.3) is 0 Å². The molecule has 140 heavy (non-hydrogen) atoms. The van der Waals surface area contributed by atoms with Gasteiger partial charge in [-0.25, -0.2) is 0 Å². The van der Waals surface area contributed by atoms with Gasteiger partial charge >= 0.3 is 0 Å². The summed E-state index contributed by atoms with van der Waals surface area (Å²) in [7, 11) is 0. The number of hydrogen-bond acceptors (Lipinski definition) is 1. The third-order valence-electron chi connectivity index (χ3n) is 33.8. The predicted octanol–water partition coefficient (Wildman–Crippen LogP) is 39.8. The van der Waals surface area contributed by atoms with Crippen LogP contribution in [0, 0.1) is 58.7 Å². The maximum atomic E-state index is 10.4. The van der Waals surface area contributed by atoms with E-state index >= 15 is 0 Å². The molecule has 1 heteroatoms. The maximum absolute atomic E-state index is 10.4. The summed E-state index contributed by atoms with van der Waals surface area (Å²) < 4.78 is 0. The maximum Gasteiger partial charge on any atom is 0.0998 e. The van der Waals surface area contributed by atoms with E-state index in [4.69, 9.17) is 0 Å². The van der Waals surface area contributed by atoms with Gasteiger partial charge in [-0.05, 0) is 325 Å². The highest BCUT2D eigenvalue weighted by atomic mass is 14.5. The number of aryl methyl sites for hydroxylation is 1. The van der Waals surface area contributed by atoms with Crippen molar-refractivity contribution < 1.29 is 0 Å². The first-order valence-corrected chi connectivity index (χ1v) is 54.2. The topological polar surface area (TPSA) is 23.8 Å². The molecule has 0 heterocycles. The standard InChI is InChI=1S/C139H153N/c1-18-27-30-110-61-70-121-125-74-68-117(83-133(125)137(129(121)78-110,87-96(12)21-4)88-97(13)22-5)118-69-76-127-123-72-63-113(80-131(123)139(135(127)84-118,91-100(16)25-8)92-101(17)26-9)58-55-108-47-41-104(42-48-108)35-36-105-49-51-109(52-50-105)59-64-114-65-60-111(77-119(114)93-140)56-53-106-43-37-102(38-44-106)33-34-103-39-45-107(46-40-103)54-57-112-62-71-122-126-75-67-116(82-134(126)138(130(122)79-112,89-98(14)23-6)90-99(15)24-7)115-66-73-124-120-31-28-29-32-128(120)136(132(124)81-115,85-94(10)19-2)86-95(11)20-3/h28-29,31-84,94-101H,18-27,30,85-92H2,1-17H3. The Labute approximate surface area is 843 Å². The molecule has 0 saturated heterocycles. The number of nitrogens with zero attached hydrogens (tertiary/aromatic N) is 1. The number of fused-ring (bicyclic) bond motifs is 12. The highest BCUT2D eigenvalue weighted by molar-refractivity contribution is 5.92. The van der Waals surface area contributed by atoms with E-state index in [2.05, 4.69) is 451 Å². The van der Waals surface area contributed by atoms with Crippen LogP contribution in [0.4, 0.5) is 0 Å². The van der Waals surface area contributed by atoms with Gasteiger partial charge < -0.3 is 0 Å². The summed E-state index contributed by atoms with van der Waals surface area (Å²) in [6.07, 6.45) is 48.6. The SMILES string of the molecule is CCCCc1ccc2c(c1)C(CC(C)CC)(CC(C)CC)c1cc(-c3ccc4c(c3)C(CC(C)CC)(CC(C)CC)c3cc(C=Cc5ccc(C=Cc6ccc(C=Cc7ccc(C=Cc8ccc(C=Cc9ccc(C=Cc%10ccc%11c(c%10)C(CC(C)CC)(CC(C)CC)c%10cc(-c%12ccc%13c(c%12)C(CC(C)CC)(CC(C)CC)c%12ccccc%12-%13)ccc%10-%11)cc9)cc8)cc7C#N)cc6)cc5)ccc3-4)ccc1-2. The summed E-state index contributed by atoms with van der Waals surface area (Å²) >= 11 is 0. The van der Waals surface area contributed by atoms with Gasteiger partial charge in [0.1, 0.15) is 0 Å². The predicted molar refractivity (Wildman–Crippen MR) is 610 cm³/mol. The Bertz CT molecular complexity index is 6740. The largest absolute Gasteiger partial charge is 0.192 e. The van der Waals surface area contributed by atoms with Crippen molar-refractivity contribution >= 4 is 72.9 Å². The zero-order valence-electron chi connectivity index (χ0n) is 87.3. The molecule has 8 unspecified atom stereocenters. The normalized spacial score (nSPS) is 18.9. The minimum atomic E-state index is -0.106. The van der Waals surface area contributed by atoms with Crippen LogP contribution in [0.1, 0.15) is 356 Å². The molecule has 0 aromatic heterocycles. The van der Waals surface area contributed by atoms with Crippen molar-refractivity contribution in [3.63, 3.8) is 0 Å². The lowest BCUT2D eigenvalue weighted by atomic mass is 9.66. The molecule has 4 aliphatic carbocycles. The van der Waals surface area contributed by atoms with Crippen molar-refractivity contribution in [2.45, 2.75) is 261 Å². The van der Waals surface area contributed by atoms with E-state index in [0.717, 1.165) is 102 Å². The lowest BCUT2D eigenvalue weighted by Gasteiger charge is -2.37. The van der Waals surface area contributed by atoms with E-state index in [9.17, 15) is 5.26 Å². The third-order valence-corrected chi connectivity index (χ3v) is 33.8. The smallest absolute Gasteiger partial charge is 0.0998 e. The molecule has 0 bridgehead atoms. The lowest BCUT2D eigenvalue weighted by molar-refractivity contribution is 0.308. The van der Waals surface area contributed by atoms with Crippen LogP contribution in [0.25, 0.3) is 140 Å². The molecule has 17 rings (SSSR count). The fourth-order valence-corrected chi connectivity index (χ4v) is 24.4. The van der Waals surface area contributed by atoms with Gasteiger partial charge in [-0.2, -0.15) is 5.26 Å². The molecule has 13 aromatic rings. The van der Waals surface area contributed by atoms with Gasteiger partial charge in [0, 0.05) is 21.7 Å². The molecule has 13 aromatic carbocycles. The van der Waals surface area contributed by atoms with Crippen molar-refractivity contribution in [3.05, 3.63) is 389 Å². The van der Waals surface area contributed by atoms with E-state index in [1.807, 2.05) is 12.1 Å². The molecular weight excluding hydrogens is 1680 g/mol. The summed E-state index contributed by atoms with van der Waals surface area (Å²) in [5, 5.41) is 10.4. The Balaban J connectivity index is 0.518. The van der Waals surface area contributed by atoms with Gasteiger partial charge in [-0.3, -0.25) is 0 Å². The Hall–Kier alpha value is -12.2. The second-order valence-corrected chi connectivity index (χ2v) is 43.9. The molecule has 714 valence electrons. The Kier molecular flexibility index (Phi) is 31.2. The summed E-state index contributed by atoms with van der Waals surface area (Å²) in [4.78, 5) is 0. The van der Waals surface area contributed by atoms with Crippen LogP contribution in [-0.2, 0) is 28.1 Å². The molecule has 0 spiro atoms. The van der Waals surface area contributed by atoms with Crippen LogP contribution in [0.2, 0.25) is 0 Å². The fourth-order valence-electron chi connectivity index (χ4n) is 24.4. The molecule has 8 atom stereocenters. The molecule has 0 N–H and O–H groups in total. The first kappa shape index (κ1) is 99.4. The van der Waals surface area contributed by atoms with Crippen LogP contribution < -0.4 is 0 Å². The number of nitriles is 1. The van der Waals surface area contributed by atoms with Crippen LogP contribution in [-0.4, -0.2) is 0 Å². The summed E-state index contributed by atoms with van der Waals surface area (Å²) in [6.45, 7) is 41.3. The van der Waals surface area contributed by atoms with E-state index in [0.29, 0.717) is 52.9 Å². The van der Waals surface area contributed by atoms with Crippen LogP contribution in [0.5, 0.6) is 0 Å². The molecule has 0 amide bonds. The average Bonchev–Trinajstić information content (AvgIpc) is 1.56. The van der Waals surface area contributed by atoms with E-state index in [1.54, 1.807) is 22.3 Å². The Morgan fingerprint density at radius 1 is 0.221 bits per heavy atom. The van der Waals surface area contributed by atoms with Gasteiger partial charge in [0.05, 0.1) is 11.6 Å². The highest BCUT2D eigenvalue weighted by Crippen LogP contribution is 2.63. The highest BCUT2D eigenvalue weighted by Gasteiger charge is 2.50. The minimum absolute atomic E-state index is 0.00188. The van der Waals surface area contributed by atoms with Gasteiger partial charge in [-0.1, -0.05) is 485 Å². The molecule has 1 nitrogen and oxygen atoms in total. The van der Waals surface area contributed by atoms with E-state index in [1.165, 1.54) is 181 Å². The Morgan fingerprint density at radius 2 is 0.443 bits per heavy atom. The molecular formula is C139H153N. The number of hydrogen-bond donors (Lipinski definition) is 0. The van der Waals surface area contributed by atoms with E-state index in [-0.39, 0.29) is 21.7 Å². The van der Waals surface area contributed by atoms with Crippen molar-refractivity contribution in [2.24, 2.45) is 47.3 Å². The minimum Gasteiger partial charge on any atom is -0.192 e. The number of benzene rings is 13. The Morgan fingerprint density at radius 3 is 0.729 bits per heavy atom. The van der Waals surface area contributed by atoms with Crippen molar-refractivity contribution in [3.8, 4) is 72.8 Å². The second kappa shape index (κ2) is 43.9. The first-order valence-electron chi connectivity index (χ1n) is 54.2. The zero-order chi connectivity index (χ0) is 98.0. The average molecular weight is 1840 g/mol. The van der Waals surface area contributed by atoms with Crippen molar-refractivity contribution in [2.75, 3.05) is 0 Å². The zero-order valence-corrected chi connectivity index (χ0v) is 87.3. The molecule has 0 fully saturated rings. The number of rotatable bonds is 41. The summed E-state index contributed by atoms with van der Waals surface area (Å²) in [5.41, 5.74) is 44.5. The van der Waals surface area contributed by atoms with Crippen LogP contribution >= 0.6 is 0 Å². The van der Waals surface area contributed by atoms with Crippen molar-refractivity contribution in [1.82, 2.24) is 0 Å². The van der Waals surface area contributed by atoms with Crippen LogP contribution in [0.15, 0.2) is 267 Å². The van der Waals surface area contributed by atoms with Crippen molar-refractivity contribution in [1.29, 1.82) is 5.26 Å².